The Morgan fingerprint density at radius 1 is 0.950 bits per heavy atom. The van der Waals surface area contributed by atoms with E-state index in [1.807, 2.05) is 0 Å². The molecule has 0 saturated carbocycles. The summed E-state index contributed by atoms with van der Waals surface area (Å²) in [5, 5.41) is 31.4. The lowest BCUT2D eigenvalue weighted by atomic mass is 10.3. The van der Waals surface area contributed by atoms with Gasteiger partial charge in [0.25, 0.3) is 10.3 Å². The zero-order valence-corrected chi connectivity index (χ0v) is 15.6. The molecule has 114 valence electrons. The molecule has 1 rings (SSSR count). The Bertz CT molecular complexity index is 560. The monoisotopic (exact) mass is 410 g/mol. The molecule has 0 aliphatic heterocycles. The fourth-order valence-corrected chi connectivity index (χ4v) is 9.27. The first-order chi connectivity index (χ1) is 9.34. The average Bonchev–Trinajstić information content (AvgIpc) is 2.48. The Kier molecular flexibility index (Phi) is 7.72. The van der Waals surface area contributed by atoms with Crippen molar-refractivity contribution >= 4 is 73.3 Å². The quantitative estimate of drug-likeness (QED) is 0.331. The maximum Gasteiger partial charge on any atom is 0.276 e. The van der Waals surface area contributed by atoms with Gasteiger partial charge in [0.2, 0.25) is 0 Å². The van der Waals surface area contributed by atoms with Gasteiger partial charge in [-0.1, -0.05) is 0 Å². The minimum atomic E-state index is -3.22. The summed E-state index contributed by atoms with van der Waals surface area (Å²) in [5.74, 6) is -0.191. The van der Waals surface area contributed by atoms with E-state index >= 15 is 0 Å². The zero-order chi connectivity index (χ0) is 15.4. The fourth-order valence-electron chi connectivity index (χ4n) is 1.11. The third-order valence-corrected chi connectivity index (χ3v) is 16.4. The molecule has 1 aromatic rings. The topological polar surface area (TPSA) is 158 Å². The number of rotatable bonds is 7. The van der Waals surface area contributed by atoms with Crippen LogP contribution in [0.25, 0.3) is 0 Å². The normalized spacial score (nSPS) is 12.6. The Morgan fingerprint density at radius 2 is 1.50 bits per heavy atom. The highest BCUT2D eigenvalue weighted by atomic mass is 33.4. The number of nitrogens with two attached hydrogens (primary N) is 4. The van der Waals surface area contributed by atoms with Crippen molar-refractivity contribution in [2.75, 3.05) is 0 Å². The van der Waals surface area contributed by atoms with Crippen molar-refractivity contribution < 1.29 is 14.2 Å². The molecule has 0 aliphatic carbocycles. The van der Waals surface area contributed by atoms with E-state index in [1.165, 1.54) is 18.2 Å². The van der Waals surface area contributed by atoms with Crippen molar-refractivity contribution in [3.8, 4) is 5.75 Å². The number of phenols is 1. The smallest absolute Gasteiger partial charge is 0.276 e. The lowest BCUT2D eigenvalue weighted by Crippen LogP contribution is -2.04. The summed E-state index contributed by atoms with van der Waals surface area (Å²) in [6.45, 7) is 0. The van der Waals surface area contributed by atoms with Crippen LogP contribution in [0.1, 0.15) is 0 Å². The third kappa shape index (κ3) is 4.53. The van der Waals surface area contributed by atoms with Gasteiger partial charge in [-0.25, -0.2) is 0 Å². The summed E-state index contributed by atoms with van der Waals surface area (Å²) in [5.41, 5.74) is -3.22. The summed E-state index contributed by atoms with van der Waals surface area (Å²) in [4.78, 5) is 0.500. The molecule has 0 saturated heterocycles. The molecule has 0 atom stereocenters. The first kappa shape index (κ1) is 19.1. The van der Waals surface area contributed by atoms with Crippen LogP contribution in [0.5, 0.6) is 5.75 Å². The lowest BCUT2D eigenvalue weighted by Gasteiger charge is -2.15. The SMILES string of the molecule is NSP(=O)(SN)Sc1ccc(O)c(P(=O)(SN)SN)c1. The lowest BCUT2D eigenvalue weighted by molar-refractivity contribution is 0.479. The summed E-state index contributed by atoms with van der Waals surface area (Å²) in [6, 6.07) is 4.29. The largest absolute Gasteiger partial charge is 0.507 e. The first-order valence-corrected chi connectivity index (χ1v) is 15.4. The second-order valence-electron chi connectivity index (χ2n) is 3.11. The average molecular weight is 410 g/mol. The Labute approximate surface area is 136 Å². The van der Waals surface area contributed by atoms with Crippen LogP contribution in [0.15, 0.2) is 23.1 Å². The predicted octanol–water partition coefficient (Wildman–Crippen LogP) is 2.84. The van der Waals surface area contributed by atoms with E-state index in [4.69, 9.17) is 20.6 Å². The van der Waals surface area contributed by atoms with Gasteiger partial charge in [0.05, 0.1) is 5.30 Å². The molecule has 0 aromatic heterocycles. The molecule has 7 nitrogen and oxygen atoms in total. The number of hydrogen-bond donors (Lipinski definition) is 5. The molecule has 0 fully saturated rings. The highest BCUT2D eigenvalue weighted by Gasteiger charge is 2.30. The van der Waals surface area contributed by atoms with Crippen LogP contribution >= 0.6 is 67.9 Å². The van der Waals surface area contributed by atoms with E-state index < -0.39 is 10.3 Å². The summed E-state index contributed by atoms with van der Waals surface area (Å²) >= 11 is 3.42. The van der Waals surface area contributed by atoms with Crippen LogP contribution in [-0.2, 0) is 9.13 Å². The third-order valence-electron chi connectivity index (χ3n) is 1.99. The summed E-state index contributed by atoms with van der Waals surface area (Å²) in [7, 11) is 0. The van der Waals surface area contributed by atoms with Gasteiger partial charge in [0.15, 0.2) is 0 Å². The Morgan fingerprint density at radius 3 is 1.95 bits per heavy atom. The number of phenolic OH excluding ortho intramolecular Hbond substituents is 1. The summed E-state index contributed by atoms with van der Waals surface area (Å²) in [6.07, 6.45) is 0. The Hall–Kier alpha value is 1.07. The molecule has 0 amide bonds. The number of aromatic hydroxyl groups is 1. The van der Waals surface area contributed by atoms with Crippen LogP contribution in [0.2, 0.25) is 0 Å². The van der Waals surface area contributed by atoms with Gasteiger partial charge in [-0.05, 0) is 52.7 Å². The van der Waals surface area contributed by atoms with Crippen LogP contribution in [-0.4, -0.2) is 5.11 Å². The van der Waals surface area contributed by atoms with Crippen LogP contribution < -0.4 is 25.9 Å². The van der Waals surface area contributed by atoms with E-state index in [2.05, 4.69) is 0 Å². The van der Waals surface area contributed by atoms with Gasteiger partial charge in [-0.3, -0.25) is 29.7 Å². The second-order valence-corrected chi connectivity index (χ2v) is 20.5. The minimum Gasteiger partial charge on any atom is -0.507 e. The Balaban J connectivity index is 3.22. The minimum absolute atomic E-state index is 0.109. The predicted molar refractivity (Wildman–Crippen MR) is 95.9 cm³/mol. The van der Waals surface area contributed by atoms with Crippen molar-refractivity contribution in [1.29, 1.82) is 0 Å². The molecule has 0 aliphatic rings. The van der Waals surface area contributed by atoms with Crippen LogP contribution in [0.4, 0.5) is 0 Å². The molecule has 0 heterocycles. The van der Waals surface area contributed by atoms with E-state index in [0.717, 1.165) is 11.4 Å². The first-order valence-electron chi connectivity index (χ1n) is 4.61. The molecule has 9 N–H and O–H groups in total. The molecule has 0 unspecified atom stereocenters. The highest BCUT2D eigenvalue weighted by Crippen LogP contribution is 2.76. The fraction of sp³-hybridized carbons (Fsp3) is 0. The zero-order valence-electron chi connectivity index (χ0n) is 9.74. The standard InChI is InChI=1S/C6H12N4O3P2S5/c7-17-14(12,18-8)6-3-4(1-2-5(6)11)16-15(13,19-9)20-10/h1-3,11H,7-10H2. The van der Waals surface area contributed by atoms with Crippen molar-refractivity contribution in [2.24, 2.45) is 20.6 Å². The second kappa shape index (κ2) is 8.07. The highest BCUT2D eigenvalue weighted by molar-refractivity contribution is 9.14. The van der Waals surface area contributed by atoms with E-state index in [-0.39, 0.29) is 11.1 Å². The van der Waals surface area contributed by atoms with Gasteiger partial charge < -0.3 is 5.11 Å². The van der Waals surface area contributed by atoms with Crippen molar-refractivity contribution in [3.05, 3.63) is 18.2 Å². The number of hydrogen-bond acceptors (Lipinski definition) is 12. The van der Waals surface area contributed by atoms with Crippen molar-refractivity contribution in [3.63, 3.8) is 0 Å². The molecular formula is C6H12N4O3P2S5. The van der Waals surface area contributed by atoms with Crippen LogP contribution in [0.3, 0.4) is 0 Å². The van der Waals surface area contributed by atoms with Crippen LogP contribution in [0, 0.1) is 0 Å². The summed E-state index contributed by atoms with van der Waals surface area (Å²) < 4.78 is 21.6. The molecule has 20 heavy (non-hydrogen) atoms. The van der Waals surface area contributed by atoms with Gasteiger partial charge in [0.1, 0.15) is 5.75 Å². The van der Waals surface area contributed by atoms with E-state index in [0.29, 0.717) is 51.2 Å². The van der Waals surface area contributed by atoms with E-state index in [1.54, 1.807) is 0 Å². The van der Waals surface area contributed by atoms with E-state index in [9.17, 15) is 14.2 Å². The van der Waals surface area contributed by atoms with Gasteiger partial charge in [0, 0.05) is 28.0 Å². The maximum atomic E-state index is 12.4. The number of benzene rings is 1. The van der Waals surface area contributed by atoms with Gasteiger partial charge >= 0.3 is 0 Å². The van der Waals surface area contributed by atoms with Gasteiger partial charge in [-0.2, -0.15) is 0 Å². The van der Waals surface area contributed by atoms with Crippen molar-refractivity contribution in [2.45, 2.75) is 4.90 Å². The molecule has 0 radical (unpaired) electrons. The van der Waals surface area contributed by atoms with Gasteiger partial charge in [-0.15, -0.1) is 0 Å². The molecular weight excluding hydrogens is 398 g/mol. The molecule has 0 bridgehead atoms. The maximum absolute atomic E-state index is 12.4. The van der Waals surface area contributed by atoms with Crippen molar-refractivity contribution in [1.82, 2.24) is 0 Å². The molecule has 14 heteroatoms. The molecule has 0 spiro atoms. The molecule has 1 aromatic carbocycles.